The van der Waals surface area contributed by atoms with E-state index >= 15 is 0 Å². The first kappa shape index (κ1) is 13.2. The summed E-state index contributed by atoms with van der Waals surface area (Å²) >= 11 is 0. The molecule has 0 aliphatic carbocycles. The summed E-state index contributed by atoms with van der Waals surface area (Å²) in [5, 5.41) is -4.41. The molecule has 3 fully saturated rings. The van der Waals surface area contributed by atoms with Crippen molar-refractivity contribution in [2.45, 2.75) is 36.1 Å². The smallest absolute Gasteiger partial charge is 0.392 e. The van der Waals surface area contributed by atoms with E-state index in [0.29, 0.717) is 6.42 Å². The van der Waals surface area contributed by atoms with Gasteiger partial charge in [0.05, 0.1) is 12.0 Å². The Hall–Kier alpha value is -0.840. The van der Waals surface area contributed by atoms with Crippen LogP contribution >= 0.6 is 0 Å². The van der Waals surface area contributed by atoms with Crippen molar-refractivity contribution in [3.05, 3.63) is 0 Å². The predicted octanol–water partition coefficient (Wildman–Crippen LogP) is -0.435. The average molecular weight is 300 g/mol. The molecule has 3 saturated heterocycles. The zero-order valence-corrected chi connectivity index (χ0v) is 10.2. The third-order valence-electron chi connectivity index (χ3n) is 3.60. The molecule has 3 rings (SSSR count). The second-order valence-corrected chi connectivity index (χ2v) is 6.32. The number of carbonyl (C=O) groups is 1. The first-order valence-electron chi connectivity index (χ1n) is 5.53. The molecule has 0 aromatic rings. The van der Waals surface area contributed by atoms with Crippen LogP contribution in [-0.2, 0) is 29.1 Å². The van der Waals surface area contributed by atoms with Gasteiger partial charge in [-0.15, -0.1) is 0 Å². The van der Waals surface area contributed by atoms with Crippen molar-refractivity contribution in [1.82, 2.24) is 0 Å². The van der Waals surface area contributed by atoms with Crippen LogP contribution in [0.5, 0.6) is 0 Å². The molecule has 0 saturated carbocycles. The van der Waals surface area contributed by atoms with Crippen LogP contribution in [-0.4, -0.2) is 55.2 Å². The summed E-state index contributed by atoms with van der Waals surface area (Å²) < 4.78 is 70.4. The molecule has 7 nitrogen and oxygen atoms in total. The maximum absolute atomic E-state index is 13.0. The summed E-state index contributed by atoms with van der Waals surface area (Å²) in [4.78, 5) is 11.4. The van der Waals surface area contributed by atoms with Gasteiger partial charge in [-0.1, -0.05) is 0 Å². The normalized spacial score (nSPS) is 40.8. The molecule has 0 aromatic heterocycles. The van der Waals surface area contributed by atoms with E-state index in [1.54, 1.807) is 0 Å². The van der Waals surface area contributed by atoms with Crippen LogP contribution in [0.2, 0.25) is 0 Å². The first-order chi connectivity index (χ1) is 8.71. The highest BCUT2D eigenvalue weighted by atomic mass is 32.2. The Morgan fingerprint density at radius 1 is 1.42 bits per heavy atom. The number of esters is 1. The lowest BCUT2D eigenvalue weighted by atomic mass is 9.88. The molecule has 0 spiro atoms. The summed E-state index contributed by atoms with van der Waals surface area (Å²) in [6.07, 6.45) is -2.48. The second-order valence-electron chi connectivity index (χ2n) is 4.77. The summed E-state index contributed by atoms with van der Waals surface area (Å²) in [6, 6.07) is 0. The van der Waals surface area contributed by atoms with E-state index in [-0.39, 0.29) is 0 Å². The van der Waals surface area contributed by atoms with Crippen molar-refractivity contribution in [3.8, 4) is 0 Å². The lowest BCUT2D eigenvalue weighted by Gasteiger charge is -2.24. The van der Waals surface area contributed by atoms with Crippen LogP contribution < -0.4 is 0 Å². The number of hydrogen-bond acceptors (Lipinski definition) is 6. The number of fused-ring (bicyclic) bond motifs is 1. The fourth-order valence-electron chi connectivity index (χ4n) is 2.71. The van der Waals surface area contributed by atoms with E-state index in [9.17, 15) is 22.0 Å². The van der Waals surface area contributed by atoms with Gasteiger partial charge in [-0.25, -0.2) is 0 Å². The number of rotatable bonds is 4. The monoisotopic (exact) mass is 300 g/mol. The van der Waals surface area contributed by atoms with Crippen molar-refractivity contribution in [3.63, 3.8) is 0 Å². The quantitative estimate of drug-likeness (QED) is 0.555. The van der Waals surface area contributed by atoms with E-state index in [4.69, 9.17) is 18.8 Å². The second kappa shape index (κ2) is 3.84. The number of hydrogen-bond donors (Lipinski definition) is 1. The van der Waals surface area contributed by atoms with Crippen molar-refractivity contribution in [2.24, 2.45) is 5.92 Å². The maximum Gasteiger partial charge on any atom is 0.392 e. The molecule has 5 unspecified atom stereocenters. The molecule has 3 heterocycles. The molecule has 0 amide bonds. The zero-order chi connectivity index (χ0) is 14.0. The van der Waals surface area contributed by atoms with E-state index in [1.165, 1.54) is 0 Å². The third-order valence-corrected chi connectivity index (χ3v) is 4.48. The SMILES string of the molecule is O=C1OC2C(OCC(F)(F)S(=O)(=O)O)C3CC1C2O3. The molecule has 2 bridgehead atoms. The lowest BCUT2D eigenvalue weighted by Crippen LogP contribution is -2.43. The van der Waals surface area contributed by atoms with Crippen molar-refractivity contribution in [2.75, 3.05) is 6.61 Å². The zero-order valence-electron chi connectivity index (χ0n) is 9.36. The van der Waals surface area contributed by atoms with Crippen LogP contribution in [0.25, 0.3) is 0 Å². The molecule has 0 aromatic carbocycles. The Morgan fingerprint density at radius 3 is 2.74 bits per heavy atom. The maximum atomic E-state index is 13.0. The van der Waals surface area contributed by atoms with E-state index < -0.39 is 58.3 Å². The average Bonchev–Trinajstić information content (AvgIpc) is 2.86. The van der Waals surface area contributed by atoms with Gasteiger partial charge in [0.2, 0.25) is 0 Å². The molecule has 5 atom stereocenters. The lowest BCUT2D eigenvalue weighted by molar-refractivity contribution is -0.148. The Balaban J connectivity index is 1.68. The Morgan fingerprint density at radius 2 is 2.11 bits per heavy atom. The molecular formula is C9H10F2O7S. The third kappa shape index (κ3) is 1.85. The van der Waals surface area contributed by atoms with E-state index in [0.717, 1.165) is 0 Å². The van der Waals surface area contributed by atoms with Crippen molar-refractivity contribution >= 4 is 16.1 Å². The Bertz CT molecular complexity index is 519. The van der Waals surface area contributed by atoms with Crippen LogP contribution in [0.15, 0.2) is 0 Å². The molecule has 10 heteroatoms. The van der Waals surface area contributed by atoms with Gasteiger partial charge < -0.3 is 14.2 Å². The van der Waals surface area contributed by atoms with Gasteiger partial charge in [0, 0.05) is 0 Å². The van der Waals surface area contributed by atoms with Crippen molar-refractivity contribution < 1.29 is 40.8 Å². The van der Waals surface area contributed by atoms with Gasteiger partial charge in [-0.2, -0.15) is 17.2 Å². The standard InChI is InChI=1S/C9H10F2O7S/c10-9(11,19(13,14)15)2-16-6-4-1-3-5(17-4)7(6)18-8(3)12/h3-7H,1-2H2,(H,13,14,15). The molecule has 0 radical (unpaired) electrons. The fourth-order valence-corrected chi connectivity index (χ4v) is 2.93. The fraction of sp³-hybridized carbons (Fsp3) is 0.889. The van der Waals surface area contributed by atoms with Gasteiger partial charge in [-0.05, 0) is 6.42 Å². The number of carbonyl (C=O) groups excluding carboxylic acids is 1. The summed E-state index contributed by atoms with van der Waals surface area (Å²) in [7, 11) is -5.54. The Labute approximate surface area is 106 Å². The van der Waals surface area contributed by atoms with Crippen LogP contribution in [0.1, 0.15) is 6.42 Å². The highest BCUT2D eigenvalue weighted by molar-refractivity contribution is 7.86. The first-order valence-corrected chi connectivity index (χ1v) is 6.97. The molecule has 3 aliphatic heterocycles. The van der Waals surface area contributed by atoms with E-state index in [1.807, 2.05) is 0 Å². The van der Waals surface area contributed by atoms with Gasteiger partial charge >= 0.3 is 21.3 Å². The minimum atomic E-state index is -5.54. The van der Waals surface area contributed by atoms with Crippen LogP contribution in [0.4, 0.5) is 8.78 Å². The Kier molecular flexibility index (Phi) is 2.66. The molecular weight excluding hydrogens is 290 g/mol. The summed E-state index contributed by atoms with van der Waals surface area (Å²) in [5.74, 6) is -0.845. The van der Waals surface area contributed by atoms with Gasteiger partial charge in [0.15, 0.2) is 6.10 Å². The summed E-state index contributed by atoms with van der Waals surface area (Å²) in [5.41, 5.74) is 0. The molecule has 1 N–H and O–H groups in total. The number of alkyl halides is 2. The number of halogens is 2. The molecule has 108 valence electrons. The topological polar surface area (TPSA) is 99.1 Å². The largest absolute Gasteiger partial charge is 0.456 e. The van der Waals surface area contributed by atoms with Crippen LogP contribution in [0.3, 0.4) is 0 Å². The molecule has 3 aliphatic rings. The number of ether oxygens (including phenoxy) is 3. The van der Waals surface area contributed by atoms with Gasteiger partial charge in [0.1, 0.15) is 18.8 Å². The highest BCUT2D eigenvalue weighted by Gasteiger charge is 2.64. The van der Waals surface area contributed by atoms with Crippen molar-refractivity contribution in [1.29, 1.82) is 0 Å². The highest BCUT2D eigenvalue weighted by Crippen LogP contribution is 2.47. The minimum Gasteiger partial charge on any atom is -0.456 e. The molecule has 19 heavy (non-hydrogen) atoms. The predicted molar refractivity (Wildman–Crippen MR) is 52.9 cm³/mol. The summed E-state index contributed by atoms with van der Waals surface area (Å²) in [6.45, 7) is -1.51. The van der Waals surface area contributed by atoms with Gasteiger partial charge in [0.25, 0.3) is 0 Å². The van der Waals surface area contributed by atoms with Crippen LogP contribution in [0, 0.1) is 5.92 Å². The van der Waals surface area contributed by atoms with Gasteiger partial charge in [-0.3, -0.25) is 9.35 Å². The van der Waals surface area contributed by atoms with E-state index in [2.05, 4.69) is 0 Å². The minimum absolute atomic E-state index is 0.308.